The minimum atomic E-state index is -0.234. The van der Waals surface area contributed by atoms with Gasteiger partial charge in [-0.25, -0.2) is 4.68 Å². The van der Waals surface area contributed by atoms with Crippen molar-refractivity contribution in [1.29, 1.82) is 0 Å². The molecule has 7 nitrogen and oxygen atoms in total. The first-order chi connectivity index (χ1) is 13.1. The molecule has 2 heterocycles. The monoisotopic (exact) mass is 388 g/mol. The fourth-order valence-electron chi connectivity index (χ4n) is 3.29. The van der Waals surface area contributed by atoms with E-state index in [1.165, 1.54) is 0 Å². The van der Waals surface area contributed by atoms with Gasteiger partial charge in [-0.2, -0.15) is 16.9 Å². The number of nitrogens with one attached hydrogen (secondary N) is 1. The number of piperidine rings is 1. The predicted octanol–water partition coefficient (Wildman–Crippen LogP) is 2.67. The summed E-state index contributed by atoms with van der Waals surface area (Å²) in [5.74, 6) is 1.65. The highest BCUT2D eigenvalue weighted by atomic mass is 32.2. The van der Waals surface area contributed by atoms with Crippen molar-refractivity contribution in [2.24, 2.45) is 0 Å². The van der Waals surface area contributed by atoms with Crippen molar-refractivity contribution in [1.82, 2.24) is 14.7 Å². The molecular weight excluding hydrogens is 364 g/mol. The lowest BCUT2D eigenvalue weighted by Gasteiger charge is -2.32. The van der Waals surface area contributed by atoms with Gasteiger partial charge in [0.05, 0.1) is 30.7 Å². The molecule has 1 aliphatic heterocycles. The van der Waals surface area contributed by atoms with E-state index in [-0.39, 0.29) is 17.9 Å². The Morgan fingerprint density at radius 3 is 2.70 bits per heavy atom. The molecule has 0 saturated carbocycles. The van der Waals surface area contributed by atoms with Crippen molar-refractivity contribution in [3.05, 3.63) is 42.1 Å². The molecule has 1 fully saturated rings. The van der Waals surface area contributed by atoms with Crippen molar-refractivity contribution in [3.63, 3.8) is 0 Å². The van der Waals surface area contributed by atoms with E-state index in [9.17, 15) is 9.59 Å². The molecular formula is C19H24N4O3S. The van der Waals surface area contributed by atoms with Crippen LogP contribution in [-0.4, -0.2) is 58.7 Å². The molecule has 1 aromatic heterocycles. The van der Waals surface area contributed by atoms with Crippen LogP contribution < -0.4 is 10.1 Å². The molecule has 1 aliphatic rings. The molecule has 27 heavy (non-hydrogen) atoms. The maximum absolute atomic E-state index is 12.7. The van der Waals surface area contributed by atoms with Gasteiger partial charge >= 0.3 is 0 Å². The SMILES string of the molecule is COc1ccccc1C(=O)Nc1ccnn1C1CCN(C(=O)CSC)CC1. The molecule has 2 aromatic rings. The number of rotatable bonds is 6. The molecule has 0 spiro atoms. The Kier molecular flexibility index (Phi) is 6.39. The summed E-state index contributed by atoms with van der Waals surface area (Å²) >= 11 is 1.55. The summed E-state index contributed by atoms with van der Waals surface area (Å²) in [7, 11) is 1.54. The number of carbonyl (C=O) groups is 2. The molecule has 3 rings (SSSR count). The number of anilines is 1. The Morgan fingerprint density at radius 1 is 1.26 bits per heavy atom. The highest BCUT2D eigenvalue weighted by Gasteiger charge is 2.25. The highest BCUT2D eigenvalue weighted by molar-refractivity contribution is 7.99. The van der Waals surface area contributed by atoms with Crippen LogP contribution in [0.15, 0.2) is 36.5 Å². The van der Waals surface area contributed by atoms with Crippen LogP contribution in [0.1, 0.15) is 29.2 Å². The first-order valence-corrected chi connectivity index (χ1v) is 10.3. The summed E-state index contributed by atoms with van der Waals surface area (Å²) in [5, 5.41) is 7.33. The summed E-state index contributed by atoms with van der Waals surface area (Å²) in [4.78, 5) is 26.6. The summed E-state index contributed by atoms with van der Waals surface area (Å²) in [6, 6.07) is 9.06. The number of thioether (sulfide) groups is 1. The lowest BCUT2D eigenvalue weighted by atomic mass is 10.1. The number of benzene rings is 1. The Bertz CT molecular complexity index is 800. The van der Waals surface area contributed by atoms with Crippen molar-refractivity contribution in [3.8, 4) is 5.75 Å². The van der Waals surface area contributed by atoms with Gasteiger partial charge in [0.1, 0.15) is 11.6 Å². The predicted molar refractivity (Wildman–Crippen MR) is 106 cm³/mol. The molecule has 2 amide bonds. The van der Waals surface area contributed by atoms with E-state index < -0.39 is 0 Å². The van der Waals surface area contributed by atoms with E-state index in [4.69, 9.17) is 4.74 Å². The maximum atomic E-state index is 12.7. The quantitative estimate of drug-likeness (QED) is 0.823. The molecule has 1 saturated heterocycles. The van der Waals surface area contributed by atoms with Gasteiger partial charge in [0.25, 0.3) is 5.91 Å². The Morgan fingerprint density at radius 2 is 2.00 bits per heavy atom. The third kappa shape index (κ3) is 4.44. The zero-order valence-corrected chi connectivity index (χ0v) is 16.4. The van der Waals surface area contributed by atoms with E-state index >= 15 is 0 Å². The molecule has 0 radical (unpaired) electrons. The molecule has 144 valence electrons. The number of likely N-dealkylation sites (tertiary alicyclic amines) is 1. The molecule has 8 heteroatoms. The van der Waals surface area contributed by atoms with Gasteiger partial charge in [-0.3, -0.25) is 9.59 Å². The van der Waals surface area contributed by atoms with E-state index in [0.29, 0.717) is 36.0 Å². The number of hydrogen-bond acceptors (Lipinski definition) is 5. The standard InChI is InChI=1S/C19H24N4O3S/c1-26-16-6-4-3-5-15(16)19(25)21-17-7-10-20-23(17)14-8-11-22(12-9-14)18(24)13-27-2/h3-7,10,14H,8-9,11-13H2,1-2H3,(H,21,25). The molecule has 0 unspecified atom stereocenters. The van der Waals surface area contributed by atoms with Crippen LogP contribution in [0.4, 0.5) is 5.82 Å². The van der Waals surface area contributed by atoms with Crippen molar-refractivity contribution in [2.45, 2.75) is 18.9 Å². The Balaban J connectivity index is 1.66. The molecule has 1 N–H and O–H groups in total. The first-order valence-electron chi connectivity index (χ1n) is 8.88. The highest BCUT2D eigenvalue weighted by Crippen LogP contribution is 2.26. The number of nitrogens with zero attached hydrogens (tertiary/aromatic N) is 3. The zero-order valence-electron chi connectivity index (χ0n) is 15.6. The first kappa shape index (κ1) is 19.3. The lowest BCUT2D eigenvalue weighted by molar-refractivity contribution is -0.129. The van der Waals surface area contributed by atoms with Gasteiger partial charge in [-0.15, -0.1) is 0 Å². The number of aromatic nitrogens is 2. The van der Waals surface area contributed by atoms with E-state index in [1.807, 2.05) is 21.9 Å². The van der Waals surface area contributed by atoms with Gasteiger partial charge < -0.3 is 15.0 Å². The topological polar surface area (TPSA) is 76.5 Å². The fourth-order valence-corrected chi connectivity index (χ4v) is 3.72. The number of hydrogen-bond donors (Lipinski definition) is 1. The fraction of sp³-hybridized carbons (Fsp3) is 0.421. The Labute approximate surface area is 163 Å². The van der Waals surface area contributed by atoms with Crippen molar-refractivity contribution in [2.75, 3.05) is 37.5 Å². The van der Waals surface area contributed by atoms with Crippen LogP contribution in [0.25, 0.3) is 0 Å². The normalized spacial score (nSPS) is 14.8. The van der Waals surface area contributed by atoms with Gasteiger partial charge in [0.2, 0.25) is 5.91 Å². The lowest BCUT2D eigenvalue weighted by Crippen LogP contribution is -2.40. The van der Waals surface area contributed by atoms with Crippen LogP contribution in [-0.2, 0) is 4.79 Å². The summed E-state index contributed by atoms with van der Waals surface area (Å²) < 4.78 is 7.11. The average molecular weight is 388 g/mol. The Hall–Kier alpha value is -2.48. The number of methoxy groups -OCH3 is 1. The molecule has 0 bridgehead atoms. The minimum Gasteiger partial charge on any atom is -0.496 e. The smallest absolute Gasteiger partial charge is 0.260 e. The molecule has 0 atom stereocenters. The van der Waals surface area contributed by atoms with Gasteiger partial charge in [-0.1, -0.05) is 12.1 Å². The number of para-hydroxylation sites is 1. The van der Waals surface area contributed by atoms with E-state index in [1.54, 1.807) is 49.3 Å². The maximum Gasteiger partial charge on any atom is 0.260 e. The minimum absolute atomic E-state index is 0.159. The molecule has 0 aliphatic carbocycles. The number of amides is 2. The van der Waals surface area contributed by atoms with Crippen molar-refractivity contribution >= 4 is 29.4 Å². The molecule has 1 aromatic carbocycles. The summed E-state index contributed by atoms with van der Waals surface area (Å²) in [6.07, 6.45) is 5.26. The largest absolute Gasteiger partial charge is 0.496 e. The van der Waals surface area contributed by atoms with Gasteiger partial charge in [0, 0.05) is 19.2 Å². The zero-order chi connectivity index (χ0) is 19.2. The van der Waals surface area contributed by atoms with Gasteiger partial charge in [0.15, 0.2) is 0 Å². The van der Waals surface area contributed by atoms with Gasteiger partial charge in [-0.05, 0) is 31.2 Å². The second-order valence-electron chi connectivity index (χ2n) is 6.36. The summed E-state index contributed by atoms with van der Waals surface area (Å²) in [5.41, 5.74) is 0.477. The van der Waals surface area contributed by atoms with E-state index in [2.05, 4.69) is 10.4 Å². The van der Waals surface area contributed by atoms with Crippen LogP contribution in [0.3, 0.4) is 0 Å². The van der Waals surface area contributed by atoms with E-state index in [0.717, 1.165) is 12.8 Å². The van der Waals surface area contributed by atoms with Crippen LogP contribution >= 0.6 is 11.8 Å². The number of carbonyl (C=O) groups excluding carboxylic acids is 2. The third-order valence-corrected chi connectivity index (χ3v) is 5.23. The van der Waals surface area contributed by atoms with Crippen LogP contribution in [0.5, 0.6) is 5.75 Å². The second kappa shape index (κ2) is 8.94. The average Bonchev–Trinajstić information content (AvgIpc) is 3.16. The number of ether oxygens (including phenoxy) is 1. The third-order valence-electron chi connectivity index (χ3n) is 4.69. The van der Waals surface area contributed by atoms with Crippen LogP contribution in [0, 0.1) is 0 Å². The second-order valence-corrected chi connectivity index (χ2v) is 7.23. The van der Waals surface area contributed by atoms with Crippen molar-refractivity contribution < 1.29 is 14.3 Å². The summed E-state index contributed by atoms with van der Waals surface area (Å²) in [6.45, 7) is 1.42. The van der Waals surface area contributed by atoms with Crippen LogP contribution in [0.2, 0.25) is 0 Å².